The van der Waals surface area contributed by atoms with Crippen LogP contribution in [0.4, 0.5) is 4.79 Å². The second-order valence-electron chi connectivity index (χ2n) is 7.57. The first-order valence-corrected chi connectivity index (χ1v) is 11.3. The van der Waals surface area contributed by atoms with Crippen LogP contribution in [0, 0.1) is 0 Å². The minimum atomic E-state index is -0.286. The minimum Gasteiger partial charge on any atom is -0.450 e. The molecule has 2 fully saturated rings. The molecular weight excluding hydrogens is 388 g/mol. The molecule has 0 radical (unpaired) electrons. The maximum Gasteiger partial charge on any atom is 0.409 e. The summed E-state index contributed by atoms with van der Waals surface area (Å²) in [5, 5.41) is 1.12. The highest BCUT2D eigenvalue weighted by Crippen LogP contribution is 2.35. The van der Waals surface area contributed by atoms with Crippen molar-refractivity contribution in [2.45, 2.75) is 32.2 Å². The van der Waals surface area contributed by atoms with Crippen LogP contribution in [0.15, 0.2) is 24.3 Å². The van der Waals surface area contributed by atoms with E-state index in [1.807, 2.05) is 17.0 Å². The van der Waals surface area contributed by atoms with Crippen molar-refractivity contribution in [1.29, 1.82) is 0 Å². The van der Waals surface area contributed by atoms with Gasteiger partial charge in [0.05, 0.1) is 29.4 Å². The first kappa shape index (κ1) is 20.1. The molecule has 4 rings (SSSR count). The van der Waals surface area contributed by atoms with Crippen molar-refractivity contribution in [3.05, 3.63) is 29.3 Å². The summed E-state index contributed by atoms with van der Waals surface area (Å²) in [5.41, 5.74) is 1.04. The first-order valence-electron chi connectivity index (χ1n) is 10.4. The largest absolute Gasteiger partial charge is 0.450 e. The molecule has 0 N–H and O–H groups in total. The Labute approximate surface area is 175 Å². The SMILES string of the molecule is CCOC(=O)N1CCN(C(=O)CN2CCCC[C@H]2c2nc3ccccc3s2)CC1. The molecule has 2 saturated heterocycles. The van der Waals surface area contributed by atoms with E-state index in [2.05, 4.69) is 17.0 Å². The second-order valence-corrected chi connectivity index (χ2v) is 8.63. The van der Waals surface area contributed by atoms with E-state index in [4.69, 9.17) is 9.72 Å². The summed E-state index contributed by atoms with van der Waals surface area (Å²) in [6.45, 7) is 5.72. The molecule has 8 heteroatoms. The maximum atomic E-state index is 13.0. The normalized spacial score (nSPS) is 20.8. The number of aromatic nitrogens is 1. The summed E-state index contributed by atoms with van der Waals surface area (Å²) in [4.78, 5) is 35.5. The van der Waals surface area contributed by atoms with Crippen LogP contribution in [-0.2, 0) is 9.53 Å². The number of piperidine rings is 1. The van der Waals surface area contributed by atoms with Gasteiger partial charge in [0.15, 0.2) is 0 Å². The van der Waals surface area contributed by atoms with Gasteiger partial charge in [-0.1, -0.05) is 18.6 Å². The van der Waals surface area contributed by atoms with E-state index >= 15 is 0 Å². The van der Waals surface area contributed by atoms with Crippen LogP contribution in [0.25, 0.3) is 10.2 Å². The van der Waals surface area contributed by atoms with Gasteiger partial charge in [-0.15, -0.1) is 11.3 Å². The topological polar surface area (TPSA) is 66.0 Å². The van der Waals surface area contributed by atoms with Crippen LogP contribution in [0.2, 0.25) is 0 Å². The lowest BCUT2D eigenvalue weighted by molar-refractivity contribution is -0.135. The van der Waals surface area contributed by atoms with Crippen molar-refractivity contribution >= 4 is 33.6 Å². The van der Waals surface area contributed by atoms with Crippen molar-refractivity contribution in [1.82, 2.24) is 19.7 Å². The smallest absolute Gasteiger partial charge is 0.409 e. The fraction of sp³-hybridized carbons (Fsp3) is 0.571. The van der Waals surface area contributed by atoms with Crippen LogP contribution in [0.3, 0.4) is 0 Å². The van der Waals surface area contributed by atoms with E-state index in [0.29, 0.717) is 39.3 Å². The van der Waals surface area contributed by atoms with Crippen LogP contribution in [0.5, 0.6) is 0 Å². The number of hydrogen-bond acceptors (Lipinski definition) is 6. The number of rotatable bonds is 4. The average molecular weight is 417 g/mol. The number of carbonyl (C=O) groups is 2. The van der Waals surface area contributed by atoms with E-state index < -0.39 is 0 Å². The van der Waals surface area contributed by atoms with E-state index in [-0.39, 0.29) is 18.0 Å². The second kappa shape index (κ2) is 9.09. The van der Waals surface area contributed by atoms with Gasteiger partial charge in [0, 0.05) is 26.2 Å². The Bertz CT molecular complexity index is 829. The van der Waals surface area contributed by atoms with Gasteiger partial charge in [0.25, 0.3) is 0 Å². The summed E-state index contributed by atoms with van der Waals surface area (Å²) in [7, 11) is 0. The fourth-order valence-corrected chi connectivity index (χ4v) is 5.26. The average Bonchev–Trinajstić information content (AvgIpc) is 3.18. The van der Waals surface area contributed by atoms with Crippen LogP contribution < -0.4 is 0 Å². The molecule has 0 unspecified atom stereocenters. The highest BCUT2D eigenvalue weighted by Gasteiger charge is 2.31. The zero-order valence-corrected chi connectivity index (χ0v) is 17.7. The Kier molecular flexibility index (Phi) is 6.30. The highest BCUT2D eigenvalue weighted by molar-refractivity contribution is 7.18. The molecule has 2 aromatic rings. The van der Waals surface area contributed by atoms with Crippen molar-refractivity contribution < 1.29 is 14.3 Å². The van der Waals surface area contributed by atoms with Crippen molar-refractivity contribution in [2.24, 2.45) is 0 Å². The third kappa shape index (κ3) is 4.53. The zero-order chi connectivity index (χ0) is 20.2. The third-order valence-electron chi connectivity index (χ3n) is 5.71. The van der Waals surface area contributed by atoms with Crippen molar-refractivity contribution in [2.75, 3.05) is 45.9 Å². The molecule has 2 amide bonds. The molecule has 1 aromatic carbocycles. The summed E-state index contributed by atoms with van der Waals surface area (Å²) in [5.74, 6) is 0.140. The molecule has 2 aliphatic rings. The molecule has 0 saturated carbocycles. The summed E-state index contributed by atoms with van der Waals surface area (Å²) in [6.07, 6.45) is 3.05. The number of thiazole rings is 1. The Morgan fingerprint density at radius 3 is 2.62 bits per heavy atom. The van der Waals surface area contributed by atoms with Crippen molar-refractivity contribution in [3.8, 4) is 0 Å². The lowest BCUT2D eigenvalue weighted by Crippen LogP contribution is -2.53. The number of hydrogen-bond donors (Lipinski definition) is 0. The third-order valence-corrected chi connectivity index (χ3v) is 6.84. The molecule has 0 bridgehead atoms. The molecule has 0 aliphatic carbocycles. The van der Waals surface area contributed by atoms with Gasteiger partial charge in [-0.3, -0.25) is 9.69 Å². The minimum absolute atomic E-state index is 0.140. The molecule has 7 nitrogen and oxygen atoms in total. The van der Waals surface area contributed by atoms with Gasteiger partial charge in [-0.05, 0) is 38.4 Å². The summed E-state index contributed by atoms with van der Waals surface area (Å²) >= 11 is 1.74. The van der Waals surface area contributed by atoms with Gasteiger partial charge in [-0.25, -0.2) is 9.78 Å². The van der Waals surface area contributed by atoms with E-state index in [1.54, 1.807) is 23.2 Å². The van der Waals surface area contributed by atoms with E-state index in [9.17, 15) is 9.59 Å². The summed E-state index contributed by atoms with van der Waals surface area (Å²) < 4.78 is 6.26. The number of para-hydroxylation sites is 1. The van der Waals surface area contributed by atoms with Crippen LogP contribution in [-0.4, -0.2) is 77.6 Å². The number of carbonyl (C=O) groups excluding carboxylic acids is 2. The number of piperazine rings is 1. The van der Waals surface area contributed by atoms with E-state index in [0.717, 1.165) is 29.9 Å². The predicted molar refractivity (Wildman–Crippen MR) is 113 cm³/mol. The number of nitrogens with zero attached hydrogens (tertiary/aromatic N) is 4. The molecule has 1 aromatic heterocycles. The number of fused-ring (bicyclic) bond motifs is 1. The predicted octanol–water partition coefficient (Wildman–Crippen LogP) is 3.12. The first-order chi connectivity index (χ1) is 14.2. The van der Waals surface area contributed by atoms with Crippen LogP contribution >= 0.6 is 11.3 Å². The quantitative estimate of drug-likeness (QED) is 0.766. The zero-order valence-electron chi connectivity index (χ0n) is 16.9. The molecule has 29 heavy (non-hydrogen) atoms. The molecule has 0 spiro atoms. The van der Waals surface area contributed by atoms with Gasteiger partial charge >= 0.3 is 6.09 Å². The monoisotopic (exact) mass is 416 g/mol. The lowest BCUT2D eigenvalue weighted by Gasteiger charge is -2.38. The van der Waals surface area contributed by atoms with E-state index in [1.165, 1.54) is 11.1 Å². The van der Waals surface area contributed by atoms with Crippen molar-refractivity contribution in [3.63, 3.8) is 0 Å². The van der Waals surface area contributed by atoms with Gasteiger partial charge in [0.2, 0.25) is 5.91 Å². The number of benzene rings is 1. The molecule has 1 atom stereocenters. The Balaban J connectivity index is 1.38. The Morgan fingerprint density at radius 1 is 1.10 bits per heavy atom. The van der Waals surface area contributed by atoms with Gasteiger partial charge in [-0.2, -0.15) is 0 Å². The Hall–Kier alpha value is -2.19. The molecule has 156 valence electrons. The molecular formula is C21H28N4O3S. The van der Waals surface area contributed by atoms with Crippen LogP contribution in [0.1, 0.15) is 37.2 Å². The maximum absolute atomic E-state index is 13.0. The molecule has 2 aliphatic heterocycles. The number of amides is 2. The Morgan fingerprint density at radius 2 is 1.86 bits per heavy atom. The highest BCUT2D eigenvalue weighted by atomic mass is 32.1. The fourth-order valence-electron chi connectivity index (χ4n) is 4.12. The van der Waals surface area contributed by atoms with Gasteiger partial charge < -0.3 is 14.5 Å². The standard InChI is InChI=1S/C21H28N4O3S/c1-2-28-21(27)24-13-11-23(12-14-24)19(26)15-25-10-6-5-8-17(25)20-22-16-7-3-4-9-18(16)29-20/h3-4,7,9,17H,2,5-6,8,10-15H2,1H3/t17-/m0/s1. The summed E-state index contributed by atoms with van der Waals surface area (Å²) in [6, 6.07) is 8.44. The molecule has 3 heterocycles. The number of likely N-dealkylation sites (tertiary alicyclic amines) is 1. The van der Waals surface area contributed by atoms with Gasteiger partial charge in [0.1, 0.15) is 5.01 Å². The number of ether oxygens (including phenoxy) is 1. The lowest BCUT2D eigenvalue weighted by atomic mass is 10.0.